The minimum Gasteiger partial charge on any atom is -0.481 e. The maximum atomic E-state index is 11.7. The van der Waals surface area contributed by atoms with E-state index in [9.17, 15) is 9.59 Å². The van der Waals surface area contributed by atoms with Gasteiger partial charge in [-0.25, -0.2) is 0 Å². The number of aliphatic carboxylic acids is 1. The Morgan fingerprint density at radius 1 is 1.26 bits per heavy atom. The lowest BCUT2D eigenvalue weighted by molar-refractivity contribution is -0.137. The summed E-state index contributed by atoms with van der Waals surface area (Å²) in [5.74, 6) is -1.04. The van der Waals surface area contributed by atoms with E-state index < -0.39 is 5.97 Å². The Hall–Kier alpha value is -1.10. The predicted octanol–water partition coefficient (Wildman–Crippen LogP) is 2.20. The SMILES string of the molecule is CCCOCCC(=O)NC(CC(=O)O)CC(C)(C)C. The molecule has 0 aromatic carbocycles. The van der Waals surface area contributed by atoms with Crippen LogP contribution in [-0.2, 0) is 14.3 Å². The Balaban J connectivity index is 4.15. The van der Waals surface area contributed by atoms with E-state index in [0.29, 0.717) is 19.6 Å². The number of carbonyl (C=O) groups is 2. The van der Waals surface area contributed by atoms with Gasteiger partial charge < -0.3 is 15.2 Å². The second-order valence-corrected chi connectivity index (χ2v) is 5.99. The summed E-state index contributed by atoms with van der Waals surface area (Å²) in [5.41, 5.74) is -0.0217. The first-order valence-corrected chi connectivity index (χ1v) is 6.83. The number of carboxylic acid groups (broad SMARTS) is 1. The number of hydrogen-bond donors (Lipinski definition) is 2. The molecule has 112 valence electrons. The molecule has 0 heterocycles. The third kappa shape index (κ3) is 11.7. The molecule has 19 heavy (non-hydrogen) atoms. The van der Waals surface area contributed by atoms with Gasteiger partial charge in [0, 0.05) is 19.1 Å². The van der Waals surface area contributed by atoms with Gasteiger partial charge in [-0.05, 0) is 18.3 Å². The molecule has 0 aromatic rings. The van der Waals surface area contributed by atoms with Crippen LogP contribution in [0, 0.1) is 5.41 Å². The fourth-order valence-corrected chi connectivity index (χ4v) is 1.84. The number of rotatable bonds is 9. The number of carboxylic acids is 1. The van der Waals surface area contributed by atoms with E-state index >= 15 is 0 Å². The molecule has 5 heteroatoms. The van der Waals surface area contributed by atoms with Crippen LogP contribution in [0.25, 0.3) is 0 Å². The minimum absolute atomic E-state index is 0.0217. The van der Waals surface area contributed by atoms with Crippen LogP contribution in [0.3, 0.4) is 0 Å². The van der Waals surface area contributed by atoms with Crippen LogP contribution >= 0.6 is 0 Å². The van der Waals surface area contributed by atoms with Gasteiger partial charge in [0.25, 0.3) is 0 Å². The highest BCUT2D eigenvalue weighted by Gasteiger charge is 2.22. The molecule has 1 unspecified atom stereocenters. The summed E-state index contributed by atoms with van der Waals surface area (Å²) in [6.45, 7) is 9.12. The first-order chi connectivity index (χ1) is 8.74. The van der Waals surface area contributed by atoms with Gasteiger partial charge in [-0.2, -0.15) is 0 Å². The molecule has 0 saturated heterocycles. The van der Waals surface area contributed by atoms with Gasteiger partial charge in [0.15, 0.2) is 0 Å². The Labute approximate surface area is 115 Å². The standard InChI is InChI=1S/C14H27NO4/c1-5-7-19-8-6-12(16)15-11(9-13(17)18)10-14(2,3)4/h11H,5-10H2,1-4H3,(H,15,16)(H,17,18). The lowest BCUT2D eigenvalue weighted by atomic mass is 9.87. The summed E-state index contributed by atoms with van der Waals surface area (Å²) in [4.78, 5) is 22.5. The van der Waals surface area contributed by atoms with E-state index in [-0.39, 0.29) is 30.2 Å². The van der Waals surface area contributed by atoms with Crippen LogP contribution in [0.4, 0.5) is 0 Å². The fraction of sp³-hybridized carbons (Fsp3) is 0.857. The summed E-state index contributed by atoms with van der Waals surface area (Å²) in [7, 11) is 0. The summed E-state index contributed by atoms with van der Waals surface area (Å²) in [6, 6.07) is -0.323. The molecule has 0 aromatic heterocycles. The molecule has 1 amide bonds. The van der Waals surface area contributed by atoms with Crippen molar-refractivity contribution in [3.8, 4) is 0 Å². The van der Waals surface area contributed by atoms with Crippen molar-refractivity contribution in [1.29, 1.82) is 0 Å². The van der Waals surface area contributed by atoms with Gasteiger partial charge in [0.2, 0.25) is 5.91 Å². The minimum atomic E-state index is -0.892. The normalized spacial score (nSPS) is 13.1. The molecule has 0 saturated carbocycles. The monoisotopic (exact) mass is 273 g/mol. The third-order valence-corrected chi connectivity index (χ3v) is 2.47. The quantitative estimate of drug-likeness (QED) is 0.631. The van der Waals surface area contributed by atoms with E-state index in [1.165, 1.54) is 0 Å². The number of carbonyl (C=O) groups excluding carboxylic acids is 1. The van der Waals surface area contributed by atoms with Gasteiger partial charge in [-0.3, -0.25) is 9.59 Å². The second kappa shape index (κ2) is 8.91. The Morgan fingerprint density at radius 2 is 1.89 bits per heavy atom. The molecular formula is C14H27NO4. The van der Waals surface area contributed by atoms with Crippen LogP contribution in [0.2, 0.25) is 0 Å². The summed E-state index contributed by atoms with van der Waals surface area (Å²) in [5, 5.41) is 11.6. The fourth-order valence-electron chi connectivity index (χ4n) is 1.84. The van der Waals surface area contributed by atoms with Crippen molar-refractivity contribution in [3.05, 3.63) is 0 Å². The van der Waals surface area contributed by atoms with E-state index in [1.807, 2.05) is 27.7 Å². The topological polar surface area (TPSA) is 75.6 Å². The smallest absolute Gasteiger partial charge is 0.305 e. The second-order valence-electron chi connectivity index (χ2n) is 5.99. The van der Waals surface area contributed by atoms with Crippen molar-refractivity contribution in [2.45, 2.75) is 59.4 Å². The first-order valence-electron chi connectivity index (χ1n) is 6.83. The van der Waals surface area contributed by atoms with Crippen molar-refractivity contribution >= 4 is 11.9 Å². The first kappa shape index (κ1) is 17.9. The third-order valence-electron chi connectivity index (χ3n) is 2.47. The number of amides is 1. The van der Waals surface area contributed by atoms with Gasteiger partial charge in [-0.1, -0.05) is 27.7 Å². The molecule has 0 spiro atoms. The largest absolute Gasteiger partial charge is 0.481 e. The molecule has 0 aliphatic carbocycles. The average Bonchev–Trinajstić information content (AvgIpc) is 2.20. The Morgan fingerprint density at radius 3 is 2.37 bits per heavy atom. The highest BCUT2D eigenvalue weighted by molar-refractivity contribution is 5.77. The van der Waals surface area contributed by atoms with Crippen molar-refractivity contribution in [1.82, 2.24) is 5.32 Å². The lowest BCUT2D eigenvalue weighted by Gasteiger charge is -2.25. The molecule has 1 atom stereocenters. The molecule has 0 aliphatic heterocycles. The van der Waals surface area contributed by atoms with Crippen LogP contribution in [-0.4, -0.2) is 36.2 Å². The Bertz CT molecular complexity index is 284. The van der Waals surface area contributed by atoms with Crippen LogP contribution < -0.4 is 5.32 Å². The molecule has 5 nitrogen and oxygen atoms in total. The molecule has 0 radical (unpaired) electrons. The maximum absolute atomic E-state index is 11.7. The van der Waals surface area contributed by atoms with Crippen LogP contribution in [0.1, 0.15) is 53.4 Å². The van der Waals surface area contributed by atoms with Crippen molar-refractivity contribution in [2.75, 3.05) is 13.2 Å². The number of ether oxygens (including phenoxy) is 1. The van der Waals surface area contributed by atoms with Gasteiger partial charge >= 0.3 is 5.97 Å². The molecule has 0 aliphatic rings. The zero-order valence-corrected chi connectivity index (χ0v) is 12.5. The highest BCUT2D eigenvalue weighted by atomic mass is 16.5. The molecule has 2 N–H and O–H groups in total. The molecule has 0 fully saturated rings. The van der Waals surface area contributed by atoms with E-state index in [0.717, 1.165) is 6.42 Å². The highest BCUT2D eigenvalue weighted by Crippen LogP contribution is 2.22. The zero-order valence-electron chi connectivity index (χ0n) is 12.5. The van der Waals surface area contributed by atoms with Crippen LogP contribution in [0.15, 0.2) is 0 Å². The zero-order chi connectivity index (χ0) is 14.9. The van der Waals surface area contributed by atoms with E-state index in [4.69, 9.17) is 9.84 Å². The summed E-state index contributed by atoms with van der Waals surface area (Å²) >= 11 is 0. The van der Waals surface area contributed by atoms with E-state index in [2.05, 4.69) is 5.32 Å². The molecule has 0 bridgehead atoms. The summed E-state index contributed by atoms with van der Waals surface area (Å²) < 4.78 is 5.24. The summed E-state index contributed by atoms with van der Waals surface area (Å²) in [6.07, 6.45) is 1.80. The predicted molar refractivity (Wildman–Crippen MR) is 74.0 cm³/mol. The van der Waals surface area contributed by atoms with Crippen molar-refractivity contribution in [2.24, 2.45) is 5.41 Å². The number of hydrogen-bond acceptors (Lipinski definition) is 3. The lowest BCUT2D eigenvalue weighted by Crippen LogP contribution is -2.39. The van der Waals surface area contributed by atoms with Gasteiger partial charge in [0.1, 0.15) is 0 Å². The van der Waals surface area contributed by atoms with Gasteiger partial charge in [-0.15, -0.1) is 0 Å². The molecular weight excluding hydrogens is 246 g/mol. The van der Waals surface area contributed by atoms with Crippen LogP contribution in [0.5, 0.6) is 0 Å². The van der Waals surface area contributed by atoms with E-state index in [1.54, 1.807) is 0 Å². The van der Waals surface area contributed by atoms with Crippen molar-refractivity contribution < 1.29 is 19.4 Å². The average molecular weight is 273 g/mol. The van der Waals surface area contributed by atoms with Gasteiger partial charge in [0.05, 0.1) is 13.0 Å². The Kier molecular flexibility index (Phi) is 8.39. The molecule has 0 rings (SSSR count). The maximum Gasteiger partial charge on any atom is 0.305 e. The number of nitrogens with one attached hydrogen (secondary N) is 1. The van der Waals surface area contributed by atoms with Crippen molar-refractivity contribution in [3.63, 3.8) is 0 Å².